The molecule has 0 fully saturated rings. The molecule has 16 heavy (non-hydrogen) atoms. The average Bonchev–Trinajstić information content (AvgIpc) is 2.00. The fourth-order valence-corrected chi connectivity index (χ4v) is 1.85. The largest absolute Gasteiger partial charge is 0.322 e. The summed E-state index contributed by atoms with van der Waals surface area (Å²) in [5.41, 5.74) is 9.74. The number of hydrogen-bond acceptors (Lipinski definition) is 5. The molecule has 0 heterocycles. The van der Waals surface area contributed by atoms with E-state index in [2.05, 4.69) is 0 Å². The van der Waals surface area contributed by atoms with Gasteiger partial charge in [-0.3, -0.25) is 13.6 Å². The molecule has 0 aromatic heterocycles. The van der Waals surface area contributed by atoms with Gasteiger partial charge in [0.1, 0.15) is 11.4 Å². The standard InChI is InChI=1S/C10H25N2O3P/c1-7(2)9(5,11)14-16(13)15-10(6,12)8(3)4/h7-8,16H,11-12H2,1-6H3. The van der Waals surface area contributed by atoms with Crippen LogP contribution in [-0.4, -0.2) is 11.4 Å². The Morgan fingerprint density at radius 1 is 0.938 bits per heavy atom. The Morgan fingerprint density at radius 3 is 1.38 bits per heavy atom. The Hall–Kier alpha value is 0.0700. The molecule has 0 rings (SSSR count). The Morgan fingerprint density at radius 2 is 1.19 bits per heavy atom. The van der Waals surface area contributed by atoms with Crippen LogP contribution in [0.1, 0.15) is 41.5 Å². The highest BCUT2D eigenvalue weighted by Crippen LogP contribution is 2.37. The zero-order valence-corrected chi connectivity index (χ0v) is 12.0. The predicted molar refractivity (Wildman–Crippen MR) is 66.0 cm³/mol. The number of hydrogen-bond donors (Lipinski definition) is 2. The minimum atomic E-state index is -2.69. The van der Waals surface area contributed by atoms with Gasteiger partial charge < -0.3 is 11.5 Å². The van der Waals surface area contributed by atoms with Gasteiger partial charge in [-0.1, -0.05) is 27.7 Å². The van der Waals surface area contributed by atoms with E-state index in [1.165, 1.54) is 0 Å². The Balaban J connectivity index is 4.41. The summed E-state index contributed by atoms with van der Waals surface area (Å²) in [5, 5.41) is 0. The molecule has 0 aliphatic carbocycles. The summed E-state index contributed by atoms with van der Waals surface area (Å²) in [7, 11) is -2.69. The summed E-state index contributed by atoms with van der Waals surface area (Å²) < 4.78 is 22.1. The van der Waals surface area contributed by atoms with Crippen LogP contribution in [0.25, 0.3) is 0 Å². The van der Waals surface area contributed by atoms with E-state index >= 15 is 0 Å². The van der Waals surface area contributed by atoms with Crippen molar-refractivity contribution in [3.05, 3.63) is 0 Å². The van der Waals surface area contributed by atoms with E-state index in [0.717, 1.165) is 0 Å². The van der Waals surface area contributed by atoms with Crippen molar-refractivity contribution < 1.29 is 13.6 Å². The smallest absolute Gasteiger partial charge is 0.303 e. The van der Waals surface area contributed by atoms with Gasteiger partial charge in [0.2, 0.25) is 0 Å². The maximum Gasteiger partial charge on any atom is 0.322 e. The average molecular weight is 252 g/mol. The quantitative estimate of drug-likeness (QED) is 0.558. The van der Waals surface area contributed by atoms with Gasteiger partial charge in [0, 0.05) is 0 Å². The first-order chi connectivity index (χ1) is 6.99. The van der Waals surface area contributed by atoms with Crippen molar-refractivity contribution in [2.75, 3.05) is 0 Å². The van der Waals surface area contributed by atoms with Crippen molar-refractivity contribution in [2.45, 2.75) is 53.0 Å². The molecule has 5 nitrogen and oxygen atoms in total. The van der Waals surface area contributed by atoms with E-state index < -0.39 is 19.7 Å². The second kappa shape index (κ2) is 5.61. The summed E-state index contributed by atoms with van der Waals surface area (Å²) in [5.74, 6) is 0.0706. The van der Waals surface area contributed by atoms with Crippen molar-refractivity contribution in [1.82, 2.24) is 0 Å². The van der Waals surface area contributed by atoms with Crippen molar-refractivity contribution in [2.24, 2.45) is 23.3 Å². The fourth-order valence-electron chi connectivity index (χ4n) is 0.616. The first-order valence-electron chi connectivity index (χ1n) is 5.48. The summed E-state index contributed by atoms with van der Waals surface area (Å²) >= 11 is 0. The maximum atomic E-state index is 11.7. The van der Waals surface area contributed by atoms with Crippen LogP contribution in [0.5, 0.6) is 0 Å². The third-order valence-corrected chi connectivity index (χ3v) is 4.11. The normalized spacial score (nSPS) is 21.9. The van der Waals surface area contributed by atoms with Crippen LogP contribution < -0.4 is 11.5 Å². The summed E-state index contributed by atoms with van der Waals surface area (Å²) in [6.07, 6.45) is 0. The number of nitrogens with two attached hydrogens (primary N) is 2. The molecule has 98 valence electrons. The van der Waals surface area contributed by atoms with Crippen LogP contribution in [-0.2, 0) is 13.6 Å². The van der Waals surface area contributed by atoms with E-state index in [9.17, 15) is 4.57 Å². The lowest BCUT2D eigenvalue weighted by molar-refractivity contribution is -0.00755. The molecular formula is C10H25N2O3P. The maximum absolute atomic E-state index is 11.7. The number of rotatable bonds is 6. The fraction of sp³-hybridized carbons (Fsp3) is 1.00. The highest BCUT2D eigenvalue weighted by Gasteiger charge is 2.31. The first kappa shape index (κ1) is 16.1. The minimum Gasteiger partial charge on any atom is -0.303 e. The molecule has 0 aromatic rings. The Labute approximate surface area is 98.8 Å². The Bertz CT molecular complexity index is 228. The molecule has 2 atom stereocenters. The predicted octanol–water partition coefficient (Wildman–Crippen LogP) is 2.07. The SMILES string of the molecule is CC(C)C(C)(N)O[PH](=O)OC(C)(N)C(C)C. The molecule has 4 N–H and O–H groups in total. The topological polar surface area (TPSA) is 87.6 Å². The molecular weight excluding hydrogens is 227 g/mol. The molecule has 0 aromatic carbocycles. The van der Waals surface area contributed by atoms with Crippen molar-refractivity contribution in [3.63, 3.8) is 0 Å². The van der Waals surface area contributed by atoms with Gasteiger partial charge in [0.25, 0.3) is 0 Å². The molecule has 2 unspecified atom stereocenters. The molecule has 0 spiro atoms. The minimum absolute atomic E-state index is 0.0353. The second-order valence-electron chi connectivity index (χ2n) is 5.13. The zero-order valence-electron chi connectivity index (χ0n) is 11.0. The monoisotopic (exact) mass is 252 g/mol. The van der Waals surface area contributed by atoms with Crippen LogP contribution >= 0.6 is 8.25 Å². The van der Waals surface area contributed by atoms with Crippen molar-refractivity contribution >= 4 is 8.25 Å². The Kier molecular flexibility index (Phi) is 5.63. The van der Waals surface area contributed by atoms with Gasteiger partial charge in [-0.2, -0.15) is 0 Å². The lowest BCUT2D eigenvalue weighted by atomic mass is 10.0. The third-order valence-electron chi connectivity index (χ3n) is 2.90. The molecule has 0 aliphatic rings. The van der Waals surface area contributed by atoms with Crippen LogP contribution in [0.4, 0.5) is 0 Å². The molecule has 0 saturated carbocycles. The van der Waals surface area contributed by atoms with E-state index in [1.807, 2.05) is 27.7 Å². The first-order valence-corrected chi connectivity index (χ1v) is 6.71. The summed E-state index contributed by atoms with van der Waals surface area (Å²) in [4.78, 5) is 0. The van der Waals surface area contributed by atoms with Crippen molar-refractivity contribution in [3.8, 4) is 0 Å². The molecule has 0 saturated heterocycles. The zero-order chi connectivity index (χ0) is 13.1. The van der Waals surface area contributed by atoms with Crippen LogP contribution in [0.2, 0.25) is 0 Å². The molecule has 0 radical (unpaired) electrons. The molecule has 0 aliphatic heterocycles. The van der Waals surface area contributed by atoms with E-state index in [0.29, 0.717) is 0 Å². The third kappa shape index (κ3) is 4.93. The molecule has 6 heteroatoms. The van der Waals surface area contributed by atoms with Crippen LogP contribution in [0.15, 0.2) is 0 Å². The van der Waals surface area contributed by atoms with Gasteiger partial charge in [0.15, 0.2) is 0 Å². The molecule has 0 amide bonds. The highest BCUT2D eigenvalue weighted by molar-refractivity contribution is 7.33. The van der Waals surface area contributed by atoms with Crippen molar-refractivity contribution in [1.29, 1.82) is 0 Å². The summed E-state index contributed by atoms with van der Waals surface area (Å²) in [6.45, 7) is 10.9. The van der Waals surface area contributed by atoms with Crippen LogP contribution in [0.3, 0.4) is 0 Å². The van der Waals surface area contributed by atoms with E-state index in [4.69, 9.17) is 20.5 Å². The van der Waals surface area contributed by atoms with E-state index in [-0.39, 0.29) is 11.8 Å². The lowest BCUT2D eigenvalue weighted by Crippen LogP contribution is -2.45. The van der Waals surface area contributed by atoms with Crippen LogP contribution in [0, 0.1) is 11.8 Å². The molecule has 0 bridgehead atoms. The highest BCUT2D eigenvalue weighted by atomic mass is 31.1. The van der Waals surface area contributed by atoms with Gasteiger partial charge >= 0.3 is 8.25 Å². The van der Waals surface area contributed by atoms with Gasteiger partial charge in [0.05, 0.1) is 0 Å². The van der Waals surface area contributed by atoms with E-state index in [1.54, 1.807) is 13.8 Å². The van der Waals surface area contributed by atoms with Gasteiger partial charge in [-0.15, -0.1) is 0 Å². The van der Waals surface area contributed by atoms with Gasteiger partial charge in [-0.05, 0) is 25.7 Å². The van der Waals surface area contributed by atoms with Gasteiger partial charge in [-0.25, -0.2) is 0 Å². The second-order valence-corrected chi connectivity index (χ2v) is 6.04. The lowest BCUT2D eigenvalue weighted by Gasteiger charge is -2.32. The summed E-state index contributed by atoms with van der Waals surface area (Å²) in [6, 6.07) is 0.